The van der Waals surface area contributed by atoms with Gasteiger partial charge in [-0.2, -0.15) is 13.5 Å². The van der Waals surface area contributed by atoms with Crippen molar-refractivity contribution in [1.82, 2.24) is 9.78 Å². The van der Waals surface area contributed by atoms with Gasteiger partial charge in [0.15, 0.2) is 0 Å². The summed E-state index contributed by atoms with van der Waals surface area (Å²) in [5.74, 6) is -0.329. The molecule has 0 aliphatic carbocycles. The van der Waals surface area contributed by atoms with Crippen molar-refractivity contribution in [2.24, 2.45) is 0 Å². The Morgan fingerprint density at radius 2 is 1.70 bits per heavy atom. The Morgan fingerprint density at radius 1 is 1.07 bits per heavy atom. The van der Waals surface area contributed by atoms with Crippen molar-refractivity contribution in [3.63, 3.8) is 0 Å². The van der Waals surface area contributed by atoms with Crippen molar-refractivity contribution in [1.29, 1.82) is 0 Å². The van der Waals surface area contributed by atoms with E-state index in [1.54, 1.807) is 28.9 Å². The Hall–Kier alpha value is -2.03. The molecule has 142 valence electrons. The van der Waals surface area contributed by atoms with E-state index in [1.807, 2.05) is 13.8 Å². The van der Waals surface area contributed by atoms with Gasteiger partial charge in [0.2, 0.25) is 0 Å². The lowest BCUT2D eigenvalue weighted by molar-refractivity contribution is 0.295. The Bertz CT molecular complexity index is 1050. The molecule has 2 aromatic carbocycles. The fourth-order valence-electron chi connectivity index (χ4n) is 2.61. The Labute approximate surface area is 166 Å². The number of hydrogen-bond donors (Lipinski definition) is 0. The Balaban J connectivity index is 1.78. The van der Waals surface area contributed by atoms with Gasteiger partial charge in [-0.05, 0) is 66.2 Å². The largest absolute Gasteiger partial charge is 0.297 e. The molecule has 1 heterocycles. The molecule has 8 heteroatoms. The van der Waals surface area contributed by atoms with Gasteiger partial charge >= 0.3 is 0 Å². The second-order valence-electron chi connectivity index (χ2n) is 6.07. The first-order valence-corrected chi connectivity index (χ1v) is 10.4. The molecule has 0 fully saturated rings. The molecule has 0 N–H and O–H groups in total. The van der Waals surface area contributed by atoms with Gasteiger partial charge in [-0.3, -0.25) is 8.86 Å². The zero-order valence-electron chi connectivity index (χ0n) is 14.8. The molecule has 0 aliphatic rings. The van der Waals surface area contributed by atoms with Gasteiger partial charge in [0.05, 0.1) is 33.9 Å². The van der Waals surface area contributed by atoms with E-state index in [-0.39, 0.29) is 23.9 Å². The molecule has 1 aromatic heterocycles. The van der Waals surface area contributed by atoms with E-state index in [0.29, 0.717) is 0 Å². The second-order valence-corrected chi connectivity index (χ2v) is 8.48. The highest BCUT2D eigenvalue weighted by Gasteiger charge is 2.18. The predicted molar refractivity (Wildman–Crippen MR) is 104 cm³/mol. The number of rotatable bonds is 6. The highest BCUT2D eigenvalue weighted by molar-refractivity contribution is 9.10. The minimum atomic E-state index is -3.84. The van der Waals surface area contributed by atoms with Crippen LogP contribution >= 0.6 is 15.9 Å². The maximum Gasteiger partial charge on any atom is 0.297 e. The fourth-order valence-corrected chi connectivity index (χ4v) is 4.02. The monoisotopic (exact) mass is 452 g/mol. The zero-order chi connectivity index (χ0) is 19.6. The van der Waals surface area contributed by atoms with Crippen molar-refractivity contribution in [3.8, 4) is 11.3 Å². The summed E-state index contributed by atoms with van der Waals surface area (Å²) in [5, 5.41) is 4.41. The first kappa shape index (κ1) is 19.7. The Morgan fingerprint density at radius 3 is 2.33 bits per heavy atom. The van der Waals surface area contributed by atoms with Crippen molar-refractivity contribution in [3.05, 3.63) is 70.1 Å². The highest BCUT2D eigenvalue weighted by atomic mass is 79.9. The number of nitrogens with zero attached hydrogens (tertiary/aromatic N) is 2. The average Bonchev–Trinajstić information content (AvgIpc) is 2.90. The normalized spacial score (nSPS) is 11.7. The van der Waals surface area contributed by atoms with Gasteiger partial charge in [-0.25, -0.2) is 4.39 Å². The SMILES string of the molecule is Cc1ccc(S(=O)(=O)OCCn2nc(C)c(Br)c2-c2ccc(F)cc2)cc1. The molecule has 5 nitrogen and oxygen atoms in total. The van der Waals surface area contributed by atoms with Crippen LogP contribution in [0, 0.1) is 19.7 Å². The van der Waals surface area contributed by atoms with Gasteiger partial charge < -0.3 is 0 Å². The molecule has 0 aliphatic heterocycles. The minimum absolute atomic E-state index is 0.0715. The predicted octanol–water partition coefficient (Wildman–Crippen LogP) is 4.47. The fraction of sp³-hybridized carbons (Fsp3) is 0.211. The average molecular weight is 453 g/mol. The third-order valence-corrected chi connectivity index (χ3v) is 6.30. The number of benzene rings is 2. The first-order chi connectivity index (χ1) is 12.8. The number of hydrogen-bond acceptors (Lipinski definition) is 4. The first-order valence-electron chi connectivity index (χ1n) is 8.23. The smallest absolute Gasteiger partial charge is 0.264 e. The van der Waals surface area contributed by atoms with Crippen molar-refractivity contribution in [2.75, 3.05) is 6.61 Å². The molecular weight excluding hydrogens is 435 g/mol. The van der Waals surface area contributed by atoms with Crippen molar-refractivity contribution >= 4 is 26.0 Å². The number of aromatic nitrogens is 2. The van der Waals surface area contributed by atoms with E-state index in [4.69, 9.17) is 4.18 Å². The van der Waals surface area contributed by atoms with Crippen molar-refractivity contribution < 1.29 is 17.0 Å². The summed E-state index contributed by atoms with van der Waals surface area (Å²) in [6, 6.07) is 12.5. The summed E-state index contributed by atoms with van der Waals surface area (Å²) < 4.78 is 45.4. The van der Waals surface area contributed by atoms with Crippen LogP contribution in [0.5, 0.6) is 0 Å². The van der Waals surface area contributed by atoms with Gasteiger partial charge in [0.1, 0.15) is 5.82 Å². The van der Waals surface area contributed by atoms with E-state index >= 15 is 0 Å². The molecule has 27 heavy (non-hydrogen) atoms. The molecule has 3 rings (SSSR count). The van der Waals surface area contributed by atoms with Crippen LogP contribution in [0.4, 0.5) is 4.39 Å². The van der Waals surface area contributed by atoms with Gasteiger partial charge in [-0.15, -0.1) is 0 Å². The molecule has 0 unspecified atom stereocenters. The third-order valence-electron chi connectivity index (χ3n) is 4.02. The van der Waals surface area contributed by atoms with E-state index in [2.05, 4.69) is 21.0 Å². The maximum atomic E-state index is 13.2. The minimum Gasteiger partial charge on any atom is -0.264 e. The Kier molecular flexibility index (Phi) is 5.78. The lowest BCUT2D eigenvalue weighted by atomic mass is 10.1. The highest BCUT2D eigenvalue weighted by Crippen LogP contribution is 2.31. The molecule has 0 amide bonds. The summed E-state index contributed by atoms with van der Waals surface area (Å²) in [5.41, 5.74) is 3.22. The van der Waals surface area contributed by atoms with Crippen LogP contribution in [-0.2, 0) is 20.8 Å². The number of aryl methyl sites for hydroxylation is 2. The van der Waals surface area contributed by atoms with Crippen LogP contribution in [-0.4, -0.2) is 24.8 Å². The molecule has 0 atom stereocenters. The second kappa shape index (κ2) is 7.92. The van der Waals surface area contributed by atoms with E-state index in [9.17, 15) is 12.8 Å². The molecule has 3 aromatic rings. The molecule has 0 saturated carbocycles. The van der Waals surface area contributed by atoms with Crippen LogP contribution in [0.25, 0.3) is 11.3 Å². The summed E-state index contributed by atoms with van der Waals surface area (Å²) in [6.07, 6.45) is 0. The van der Waals surface area contributed by atoms with E-state index in [1.165, 1.54) is 24.3 Å². The van der Waals surface area contributed by atoms with Crippen LogP contribution in [0.1, 0.15) is 11.3 Å². The topological polar surface area (TPSA) is 61.2 Å². The van der Waals surface area contributed by atoms with Crippen LogP contribution in [0.3, 0.4) is 0 Å². The third kappa shape index (κ3) is 4.45. The zero-order valence-corrected chi connectivity index (χ0v) is 17.2. The van der Waals surface area contributed by atoms with Gasteiger partial charge in [0.25, 0.3) is 10.1 Å². The van der Waals surface area contributed by atoms with Crippen molar-refractivity contribution in [2.45, 2.75) is 25.3 Å². The lowest BCUT2D eigenvalue weighted by Gasteiger charge is -2.10. The molecular formula is C19H18BrFN2O3S. The van der Waals surface area contributed by atoms with Gasteiger partial charge in [-0.1, -0.05) is 17.7 Å². The summed E-state index contributed by atoms with van der Waals surface area (Å²) >= 11 is 3.50. The summed E-state index contributed by atoms with van der Waals surface area (Å²) in [7, 11) is -3.84. The standard InChI is InChI=1S/C19H18BrFN2O3S/c1-13-3-9-17(10-4-13)27(24,25)26-12-11-23-19(18(20)14(2)22-23)15-5-7-16(21)8-6-15/h3-10H,11-12H2,1-2H3. The molecule has 0 radical (unpaired) electrons. The maximum absolute atomic E-state index is 13.2. The molecule has 0 saturated heterocycles. The van der Waals surface area contributed by atoms with Crippen LogP contribution < -0.4 is 0 Å². The number of halogens is 2. The van der Waals surface area contributed by atoms with E-state index in [0.717, 1.165) is 27.0 Å². The molecule has 0 spiro atoms. The van der Waals surface area contributed by atoms with E-state index < -0.39 is 10.1 Å². The van der Waals surface area contributed by atoms with Crippen LogP contribution in [0.15, 0.2) is 57.9 Å². The quantitative estimate of drug-likeness (QED) is 0.517. The summed E-state index contributed by atoms with van der Waals surface area (Å²) in [4.78, 5) is 0.115. The lowest BCUT2D eigenvalue weighted by Crippen LogP contribution is -2.13. The van der Waals surface area contributed by atoms with Crippen LogP contribution in [0.2, 0.25) is 0 Å². The summed E-state index contributed by atoms with van der Waals surface area (Å²) in [6.45, 7) is 3.87. The molecule has 0 bridgehead atoms. The van der Waals surface area contributed by atoms with Gasteiger partial charge in [0, 0.05) is 5.56 Å².